The molecule has 0 unspecified atom stereocenters. The Morgan fingerprint density at radius 3 is 2.85 bits per heavy atom. The number of carbonyl (C=O) groups is 1. The van der Waals surface area contributed by atoms with Gasteiger partial charge in [0, 0.05) is 12.1 Å². The minimum Gasteiger partial charge on any atom is -0.494 e. The van der Waals surface area contributed by atoms with Gasteiger partial charge in [0.15, 0.2) is 0 Å². The SMILES string of the molecule is CCCCOc1cccc(C(=O)NC[C@H](c2ccco2)N2CCCC2)c1. The maximum atomic E-state index is 12.6. The van der Waals surface area contributed by atoms with Crippen molar-refractivity contribution in [1.29, 1.82) is 0 Å². The molecule has 0 radical (unpaired) electrons. The molecule has 3 rings (SSSR count). The van der Waals surface area contributed by atoms with Crippen LogP contribution in [-0.2, 0) is 0 Å². The maximum absolute atomic E-state index is 12.6. The van der Waals surface area contributed by atoms with E-state index in [-0.39, 0.29) is 11.9 Å². The van der Waals surface area contributed by atoms with Gasteiger partial charge in [-0.1, -0.05) is 19.4 Å². The van der Waals surface area contributed by atoms with Crippen molar-refractivity contribution in [2.24, 2.45) is 0 Å². The number of nitrogens with one attached hydrogen (secondary N) is 1. The predicted molar refractivity (Wildman–Crippen MR) is 101 cm³/mol. The molecule has 1 atom stereocenters. The van der Waals surface area contributed by atoms with Crippen molar-refractivity contribution in [3.05, 3.63) is 54.0 Å². The fraction of sp³-hybridized carbons (Fsp3) is 0.476. The van der Waals surface area contributed by atoms with E-state index >= 15 is 0 Å². The molecule has 1 aromatic heterocycles. The topological polar surface area (TPSA) is 54.7 Å². The lowest BCUT2D eigenvalue weighted by atomic mass is 10.1. The number of ether oxygens (including phenoxy) is 1. The van der Waals surface area contributed by atoms with E-state index in [0.717, 1.165) is 37.4 Å². The van der Waals surface area contributed by atoms with Gasteiger partial charge in [0.1, 0.15) is 11.5 Å². The quantitative estimate of drug-likeness (QED) is 0.689. The third-order valence-corrected chi connectivity index (χ3v) is 4.77. The standard InChI is InChI=1S/C21H28N2O3/c1-2-3-13-25-18-9-6-8-17(15-18)21(24)22-16-19(20-10-7-14-26-20)23-11-4-5-12-23/h6-10,14-15,19H,2-5,11-13,16H2,1H3,(H,22,24)/t19-/m1/s1. The molecule has 1 saturated heterocycles. The van der Waals surface area contributed by atoms with Crippen molar-refractivity contribution < 1.29 is 13.9 Å². The van der Waals surface area contributed by atoms with Gasteiger partial charge in [-0.05, 0) is 62.7 Å². The van der Waals surface area contributed by atoms with E-state index in [2.05, 4.69) is 17.1 Å². The first kappa shape index (κ1) is 18.5. The molecule has 1 aliphatic rings. The fourth-order valence-corrected chi connectivity index (χ4v) is 3.30. The van der Waals surface area contributed by atoms with Crippen LogP contribution in [0.4, 0.5) is 0 Å². The fourth-order valence-electron chi connectivity index (χ4n) is 3.30. The number of rotatable bonds is 9. The van der Waals surface area contributed by atoms with Gasteiger partial charge >= 0.3 is 0 Å². The molecule has 26 heavy (non-hydrogen) atoms. The number of benzene rings is 1. The number of amides is 1. The molecule has 0 spiro atoms. The van der Waals surface area contributed by atoms with E-state index in [0.29, 0.717) is 18.7 Å². The zero-order chi connectivity index (χ0) is 18.2. The summed E-state index contributed by atoms with van der Waals surface area (Å²) in [7, 11) is 0. The summed E-state index contributed by atoms with van der Waals surface area (Å²) in [5.41, 5.74) is 0.624. The molecule has 1 aliphatic heterocycles. The molecule has 2 heterocycles. The summed E-state index contributed by atoms with van der Waals surface area (Å²) in [6.45, 7) is 5.43. The van der Waals surface area contributed by atoms with Crippen LogP contribution in [0.1, 0.15) is 54.8 Å². The number of furan rings is 1. The van der Waals surface area contributed by atoms with Crippen molar-refractivity contribution in [3.8, 4) is 5.75 Å². The molecule has 1 aromatic carbocycles. The summed E-state index contributed by atoms with van der Waals surface area (Å²) in [5.74, 6) is 1.57. The highest BCUT2D eigenvalue weighted by atomic mass is 16.5. The van der Waals surface area contributed by atoms with Crippen LogP contribution in [0.25, 0.3) is 0 Å². The van der Waals surface area contributed by atoms with Gasteiger partial charge in [-0.25, -0.2) is 0 Å². The Balaban J connectivity index is 1.60. The van der Waals surface area contributed by atoms with E-state index in [1.54, 1.807) is 6.26 Å². The zero-order valence-electron chi connectivity index (χ0n) is 15.4. The van der Waals surface area contributed by atoms with Crippen LogP contribution in [0.2, 0.25) is 0 Å². The molecule has 0 saturated carbocycles. The molecule has 0 bridgehead atoms. The van der Waals surface area contributed by atoms with Crippen LogP contribution >= 0.6 is 0 Å². The zero-order valence-corrected chi connectivity index (χ0v) is 15.4. The lowest BCUT2D eigenvalue weighted by Gasteiger charge is -2.26. The maximum Gasteiger partial charge on any atom is 0.251 e. The van der Waals surface area contributed by atoms with E-state index in [9.17, 15) is 4.79 Å². The number of hydrogen-bond acceptors (Lipinski definition) is 4. The summed E-state index contributed by atoms with van der Waals surface area (Å²) in [6, 6.07) is 11.3. The Kier molecular flexibility index (Phi) is 6.72. The van der Waals surface area contributed by atoms with Gasteiger partial charge < -0.3 is 14.5 Å². The molecular weight excluding hydrogens is 328 g/mol. The number of unbranched alkanes of at least 4 members (excludes halogenated alkanes) is 1. The van der Waals surface area contributed by atoms with Crippen molar-refractivity contribution in [3.63, 3.8) is 0 Å². The van der Waals surface area contributed by atoms with Crippen molar-refractivity contribution in [2.75, 3.05) is 26.2 Å². The molecular formula is C21H28N2O3. The average molecular weight is 356 g/mol. The van der Waals surface area contributed by atoms with Crippen LogP contribution in [0.15, 0.2) is 47.1 Å². The summed E-state index contributed by atoms with van der Waals surface area (Å²) in [5, 5.41) is 3.06. The Morgan fingerprint density at radius 1 is 1.27 bits per heavy atom. The molecule has 5 nitrogen and oxygen atoms in total. The monoisotopic (exact) mass is 356 g/mol. The summed E-state index contributed by atoms with van der Waals surface area (Å²) < 4.78 is 11.3. The molecule has 2 aromatic rings. The molecule has 1 fully saturated rings. The summed E-state index contributed by atoms with van der Waals surface area (Å²) >= 11 is 0. The number of hydrogen-bond donors (Lipinski definition) is 1. The molecule has 1 amide bonds. The molecule has 1 N–H and O–H groups in total. The van der Waals surface area contributed by atoms with Gasteiger partial charge in [-0.15, -0.1) is 0 Å². The summed E-state index contributed by atoms with van der Waals surface area (Å²) in [6.07, 6.45) is 6.18. The first-order chi connectivity index (χ1) is 12.8. The van der Waals surface area contributed by atoms with Crippen LogP contribution in [0, 0.1) is 0 Å². The highest BCUT2D eigenvalue weighted by molar-refractivity contribution is 5.94. The Morgan fingerprint density at radius 2 is 2.12 bits per heavy atom. The number of likely N-dealkylation sites (tertiary alicyclic amines) is 1. The molecule has 0 aliphatic carbocycles. The van der Waals surface area contributed by atoms with E-state index in [1.165, 1.54) is 12.8 Å². The van der Waals surface area contributed by atoms with Crippen molar-refractivity contribution in [2.45, 2.75) is 38.6 Å². The first-order valence-electron chi connectivity index (χ1n) is 9.56. The normalized spacial score (nSPS) is 15.7. The highest BCUT2D eigenvalue weighted by Crippen LogP contribution is 2.25. The van der Waals surface area contributed by atoms with Gasteiger partial charge in [-0.3, -0.25) is 9.69 Å². The minimum absolute atomic E-state index is 0.0818. The van der Waals surface area contributed by atoms with Gasteiger partial charge in [0.25, 0.3) is 5.91 Å². The van der Waals surface area contributed by atoms with Crippen molar-refractivity contribution >= 4 is 5.91 Å². The third-order valence-electron chi connectivity index (χ3n) is 4.77. The minimum atomic E-state index is -0.0818. The smallest absolute Gasteiger partial charge is 0.251 e. The van der Waals surface area contributed by atoms with Crippen LogP contribution in [0.5, 0.6) is 5.75 Å². The van der Waals surface area contributed by atoms with Gasteiger partial charge in [-0.2, -0.15) is 0 Å². The number of carbonyl (C=O) groups excluding carboxylic acids is 1. The van der Waals surface area contributed by atoms with Crippen LogP contribution < -0.4 is 10.1 Å². The summed E-state index contributed by atoms with van der Waals surface area (Å²) in [4.78, 5) is 15.0. The first-order valence-corrected chi connectivity index (χ1v) is 9.56. The van der Waals surface area contributed by atoms with Gasteiger partial charge in [0.2, 0.25) is 0 Å². The second-order valence-electron chi connectivity index (χ2n) is 6.71. The van der Waals surface area contributed by atoms with E-state index in [4.69, 9.17) is 9.15 Å². The van der Waals surface area contributed by atoms with Crippen LogP contribution in [-0.4, -0.2) is 37.0 Å². The van der Waals surface area contributed by atoms with Crippen molar-refractivity contribution in [1.82, 2.24) is 10.2 Å². The third kappa shape index (κ3) is 4.88. The Bertz CT molecular complexity index is 678. The van der Waals surface area contributed by atoms with Crippen LogP contribution in [0.3, 0.4) is 0 Å². The lowest BCUT2D eigenvalue weighted by molar-refractivity contribution is 0.0933. The van der Waals surface area contributed by atoms with Gasteiger partial charge in [0.05, 0.1) is 18.9 Å². The number of nitrogens with zero attached hydrogens (tertiary/aromatic N) is 1. The lowest BCUT2D eigenvalue weighted by Crippen LogP contribution is -2.36. The molecule has 5 heteroatoms. The second kappa shape index (κ2) is 9.43. The highest BCUT2D eigenvalue weighted by Gasteiger charge is 2.26. The average Bonchev–Trinajstić information content (AvgIpc) is 3.37. The Hall–Kier alpha value is -2.27. The van der Waals surface area contributed by atoms with E-state index in [1.807, 2.05) is 36.4 Å². The largest absolute Gasteiger partial charge is 0.494 e. The molecule has 140 valence electrons. The van der Waals surface area contributed by atoms with E-state index < -0.39 is 0 Å². The predicted octanol–water partition coefficient (Wildman–Crippen LogP) is 4.03. The Labute approximate surface area is 155 Å². The second-order valence-corrected chi connectivity index (χ2v) is 6.71.